The molecule has 0 aromatic heterocycles. The lowest BCUT2D eigenvalue weighted by atomic mass is 10.2. The van der Waals surface area contributed by atoms with Gasteiger partial charge in [0.15, 0.2) is 0 Å². The van der Waals surface area contributed by atoms with Crippen molar-refractivity contribution in [1.82, 2.24) is 0 Å². The Balaban J connectivity index is 1.91. The molecule has 0 aliphatic rings. The zero-order valence-corrected chi connectivity index (χ0v) is 12.5. The lowest BCUT2D eigenvalue weighted by Gasteiger charge is -2.08. The van der Waals surface area contributed by atoms with Gasteiger partial charge in [0, 0.05) is 22.7 Å². The van der Waals surface area contributed by atoms with E-state index in [4.69, 9.17) is 0 Å². The summed E-state index contributed by atoms with van der Waals surface area (Å²) in [5.41, 5.74) is 1.22. The van der Waals surface area contributed by atoms with E-state index in [0.29, 0.717) is 11.3 Å². The zero-order valence-electron chi connectivity index (χ0n) is 11.7. The van der Waals surface area contributed by atoms with Crippen LogP contribution in [0.3, 0.4) is 0 Å². The van der Waals surface area contributed by atoms with Crippen LogP contribution in [0, 0.1) is 22.9 Å². The van der Waals surface area contributed by atoms with E-state index < -0.39 is 4.92 Å². The number of amides is 1. The van der Waals surface area contributed by atoms with Crippen molar-refractivity contribution in [3.63, 3.8) is 0 Å². The summed E-state index contributed by atoms with van der Waals surface area (Å²) >= 11 is 1.27. The molecule has 5 nitrogen and oxygen atoms in total. The number of halogens is 1. The quantitative estimate of drug-likeness (QED) is 0.517. The number of rotatable bonds is 5. The van der Waals surface area contributed by atoms with Crippen LogP contribution in [0.5, 0.6) is 0 Å². The molecule has 114 valence electrons. The predicted molar refractivity (Wildman–Crippen MR) is 83.6 cm³/mol. The maximum Gasteiger partial charge on any atom is 0.269 e. The Morgan fingerprint density at radius 3 is 2.55 bits per heavy atom. The smallest absolute Gasteiger partial charge is 0.269 e. The normalized spacial score (nSPS) is 10.3. The minimum atomic E-state index is -0.474. The van der Waals surface area contributed by atoms with Crippen LogP contribution in [0.2, 0.25) is 0 Å². The van der Waals surface area contributed by atoms with Crippen LogP contribution in [-0.2, 0) is 4.79 Å². The third-order valence-corrected chi connectivity index (χ3v) is 3.89. The van der Waals surface area contributed by atoms with Crippen LogP contribution < -0.4 is 5.32 Å². The van der Waals surface area contributed by atoms with E-state index in [1.807, 2.05) is 0 Å². The van der Waals surface area contributed by atoms with Gasteiger partial charge in [-0.15, -0.1) is 11.8 Å². The summed E-state index contributed by atoms with van der Waals surface area (Å²) in [6, 6.07) is 10.1. The molecule has 22 heavy (non-hydrogen) atoms. The lowest BCUT2D eigenvalue weighted by molar-refractivity contribution is -0.384. The van der Waals surface area contributed by atoms with Gasteiger partial charge in [-0.05, 0) is 42.8 Å². The van der Waals surface area contributed by atoms with Crippen LogP contribution in [0.1, 0.15) is 5.56 Å². The monoisotopic (exact) mass is 320 g/mol. The van der Waals surface area contributed by atoms with Crippen LogP contribution in [0.25, 0.3) is 0 Å². The fourth-order valence-corrected chi connectivity index (χ4v) is 2.47. The Morgan fingerprint density at radius 1 is 1.27 bits per heavy atom. The Morgan fingerprint density at radius 2 is 1.95 bits per heavy atom. The summed E-state index contributed by atoms with van der Waals surface area (Å²) in [5.74, 6) is -0.414. The van der Waals surface area contributed by atoms with Crippen LogP contribution in [0.4, 0.5) is 15.8 Å². The summed E-state index contributed by atoms with van der Waals surface area (Å²) in [6.45, 7) is 1.71. The Kier molecular flexibility index (Phi) is 5.11. The summed E-state index contributed by atoms with van der Waals surface area (Å²) < 4.78 is 13.0. The first kappa shape index (κ1) is 16.0. The molecule has 0 saturated carbocycles. The number of aryl methyl sites for hydroxylation is 1. The van der Waals surface area contributed by atoms with Gasteiger partial charge in [0.1, 0.15) is 5.82 Å². The largest absolute Gasteiger partial charge is 0.325 e. The summed E-state index contributed by atoms with van der Waals surface area (Å²) in [5, 5.41) is 13.2. The van der Waals surface area contributed by atoms with Crippen molar-refractivity contribution in [3.8, 4) is 0 Å². The van der Waals surface area contributed by atoms with Crippen LogP contribution >= 0.6 is 11.8 Å². The van der Waals surface area contributed by atoms with E-state index in [1.165, 1.54) is 42.1 Å². The zero-order chi connectivity index (χ0) is 16.1. The standard InChI is InChI=1S/C15H13FN2O3S/c1-10-8-11(16)2-7-14(10)17-15(19)9-22-13-5-3-12(4-6-13)18(20)21/h2-8H,9H2,1H3,(H,17,19). The van der Waals surface area contributed by atoms with Gasteiger partial charge in [0.25, 0.3) is 5.69 Å². The van der Waals surface area contributed by atoms with Gasteiger partial charge in [0.05, 0.1) is 10.7 Å². The second-order valence-electron chi connectivity index (χ2n) is 4.55. The molecule has 7 heteroatoms. The molecule has 0 bridgehead atoms. The van der Waals surface area contributed by atoms with E-state index >= 15 is 0 Å². The average molecular weight is 320 g/mol. The number of hydrogen-bond donors (Lipinski definition) is 1. The first-order valence-corrected chi connectivity index (χ1v) is 7.37. The molecule has 1 N–H and O–H groups in total. The van der Waals surface area contributed by atoms with Crippen molar-refractivity contribution in [2.24, 2.45) is 0 Å². The highest BCUT2D eigenvalue weighted by Gasteiger charge is 2.08. The molecule has 1 amide bonds. The van der Waals surface area contributed by atoms with E-state index in [0.717, 1.165) is 4.90 Å². The van der Waals surface area contributed by atoms with Crippen molar-refractivity contribution in [3.05, 3.63) is 64.0 Å². The summed E-state index contributed by atoms with van der Waals surface area (Å²) in [4.78, 5) is 22.7. The molecule has 0 fully saturated rings. The van der Waals surface area contributed by atoms with Gasteiger partial charge in [-0.1, -0.05) is 0 Å². The van der Waals surface area contributed by atoms with Gasteiger partial charge >= 0.3 is 0 Å². The summed E-state index contributed by atoms with van der Waals surface area (Å²) in [7, 11) is 0. The van der Waals surface area contributed by atoms with Gasteiger partial charge in [-0.25, -0.2) is 4.39 Å². The number of nitrogens with one attached hydrogen (secondary N) is 1. The number of hydrogen-bond acceptors (Lipinski definition) is 4. The second-order valence-corrected chi connectivity index (χ2v) is 5.60. The molecule has 2 aromatic rings. The molecule has 0 heterocycles. The maximum absolute atomic E-state index is 13.0. The van der Waals surface area contributed by atoms with E-state index in [2.05, 4.69) is 5.32 Å². The SMILES string of the molecule is Cc1cc(F)ccc1NC(=O)CSc1ccc([N+](=O)[O-])cc1. The van der Waals surface area contributed by atoms with E-state index in [-0.39, 0.29) is 23.2 Å². The second kappa shape index (κ2) is 7.04. The minimum Gasteiger partial charge on any atom is -0.325 e. The van der Waals surface area contributed by atoms with E-state index in [9.17, 15) is 19.3 Å². The Hall–Kier alpha value is -2.41. The minimum absolute atomic E-state index is 0.00994. The molecule has 0 radical (unpaired) electrons. The van der Waals surface area contributed by atoms with Crippen molar-refractivity contribution in [2.45, 2.75) is 11.8 Å². The fraction of sp³-hybridized carbons (Fsp3) is 0.133. The highest BCUT2D eigenvalue weighted by atomic mass is 32.2. The predicted octanol–water partition coefficient (Wildman–Crippen LogP) is 3.77. The molecule has 2 rings (SSSR count). The molecule has 0 atom stereocenters. The average Bonchev–Trinajstić information content (AvgIpc) is 2.48. The van der Waals surface area contributed by atoms with Crippen LogP contribution in [0.15, 0.2) is 47.4 Å². The fourth-order valence-electron chi connectivity index (χ4n) is 1.77. The van der Waals surface area contributed by atoms with Crippen molar-refractivity contribution in [1.29, 1.82) is 0 Å². The number of anilines is 1. The first-order valence-electron chi connectivity index (χ1n) is 6.39. The number of carbonyl (C=O) groups is 1. The molecule has 0 aliphatic heterocycles. The molecule has 0 aliphatic carbocycles. The molecule has 0 unspecified atom stereocenters. The number of nitrogens with zero attached hydrogens (tertiary/aromatic N) is 1. The van der Waals surface area contributed by atoms with Crippen LogP contribution in [-0.4, -0.2) is 16.6 Å². The van der Waals surface area contributed by atoms with Crippen molar-refractivity contribution in [2.75, 3.05) is 11.1 Å². The van der Waals surface area contributed by atoms with Crippen molar-refractivity contribution < 1.29 is 14.1 Å². The Labute approximate surface area is 130 Å². The highest BCUT2D eigenvalue weighted by Crippen LogP contribution is 2.22. The number of nitro groups is 1. The molecular weight excluding hydrogens is 307 g/mol. The molecule has 2 aromatic carbocycles. The summed E-state index contributed by atoms with van der Waals surface area (Å²) in [6.07, 6.45) is 0. The first-order chi connectivity index (χ1) is 10.5. The number of non-ortho nitro benzene ring substituents is 1. The van der Waals surface area contributed by atoms with Gasteiger partial charge < -0.3 is 5.32 Å². The van der Waals surface area contributed by atoms with Crippen molar-refractivity contribution >= 4 is 29.0 Å². The third-order valence-electron chi connectivity index (χ3n) is 2.88. The lowest BCUT2D eigenvalue weighted by Crippen LogP contribution is -2.14. The Bertz CT molecular complexity index is 704. The van der Waals surface area contributed by atoms with E-state index in [1.54, 1.807) is 19.1 Å². The van der Waals surface area contributed by atoms with Gasteiger partial charge in [-0.3, -0.25) is 14.9 Å². The number of nitro benzene ring substituents is 1. The molecule has 0 saturated heterocycles. The molecule has 0 spiro atoms. The van der Waals surface area contributed by atoms with Gasteiger partial charge in [-0.2, -0.15) is 0 Å². The number of benzene rings is 2. The van der Waals surface area contributed by atoms with Gasteiger partial charge in [0.2, 0.25) is 5.91 Å². The number of thioether (sulfide) groups is 1. The topological polar surface area (TPSA) is 72.2 Å². The third kappa shape index (κ3) is 4.29. The number of carbonyl (C=O) groups excluding carboxylic acids is 1. The molecular formula is C15H13FN2O3S. The highest BCUT2D eigenvalue weighted by molar-refractivity contribution is 8.00. The maximum atomic E-state index is 13.0.